The molecule has 0 atom stereocenters. The van der Waals surface area contributed by atoms with E-state index in [1.54, 1.807) is 22.3 Å². The molecule has 2 saturated heterocycles. The molecule has 0 bridgehead atoms. The first kappa shape index (κ1) is 21.9. The second-order valence-electron chi connectivity index (χ2n) is 7.76. The summed E-state index contributed by atoms with van der Waals surface area (Å²) in [4.78, 5) is 20.2. The molecule has 3 heterocycles. The van der Waals surface area contributed by atoms with Crippen molar-refractivity contribution in [1.29, 1.82) is 0 Å². The van der Waals surface area contributed by atoms with Gasteiger partial charge in [0.2, 0.25) is 0 Å². The molecule has 2 fully saturated rings. The highest BCUT2D eigenvalue weighted by molar-refractivity contribution is 7.86. The van der Waals surface area contributed by atoms with Gasteiger partial charge in [0.25, 0.3) is 10.2 Å². The van der Waals surface area contributed by atoms with Crippen molar-refractivity contribution in [2.75, 3.05) is 59.0 Å². The first-order valence-corrected chi connectivity index (χ1v) is 12.1. The van der Waals surface area contributed by atoms with Crippen molar-refractivity contribution >= 4 is 27.2 Å². The molecule has 1 aromatic heterocycles. The zero-order valence-electron chi connectivity index (χ0n) is 17.8. The first-order valence-electron chi connectivity index (χ1n) is 10.7. The van der Waals surface area contributed by atoms with Crippen molar-refractivity contribution in [3.8, 4) is 0 Å². The maximum atomic E-state index is 13.1. The minimum atomic E-state index is -3.53. The second kappa shape index (κ2) is 9.47. The van der Waals surface area contributed by atoms with E-state index >= 15 is 0 Å². The van der Waals surface area contributed by atoms with Gasteiger partial charge in [-0.15, -0.1) is 0 Å². The van der Waals surface area contributed by atoms with Crippen molar-refractivity contribution in [2.24, 2.45) is 0 Å². The number of para-hydroxylation sites is 1. The summed E-state index contributed by atoms with van der Waals surface area (Å²) < 4.78 is 34.2. The molecule has 2 aliphatic heterocycles. The fourth-order valence-electron chi connectivity index (χ4n) is 4.13. The number of carbonyl (C=O) groups is 1. The zero-order chi connectivity index (χ0) is 21.8. The summed E-state index contributed by atoms with van der Waals surface area (Å²) in [7, 11) is -3.53. The highest BCUT2D eigenvalue weighted by atomic mass is 32.2. The molecule has 0 aliphatic carbocycles. The van der Waals surface area contributed by atoms with E-state index in [0.717, 1.165) is 23.0 Å². The third kappa shape index (κ3) is 4.82. The van der Waals surface area contributed by atoms with Crippen LogP contribution in [0.1, 0.15) is 12.5 Å². The number of hydrogen-bond acceptors (Lipinski definition) is 6. The maximum absolute atomic E-state index is 13.1. The molecule has 10 heteroatoms. The van der Waals surface area contributed by atoms with Gasteiger partial charge in [-0.25, -0.2) is 4.79 Å². The van der Waals surface area contributed by atoms with E-state index in [1.165, 1.54) is 4.31 Å². The molecule has 0 radical (unpaired) electrons. The van der Waals surface area contributed by atoms with Gasteiger partial charge in [0.1, 0.15) is 0 Å². The summed E-state index contributed by atoms with van der Waals surface area (Å²) in [5, 5.41) is 1.11. The molecule has 0 spiro atoms. The predicted octanol–water partition coefficient (Wildman–Crippen LogP) is 1.37. The molecule has 1 aromatic carbocycles. The number of carbonyl (C=O) groups excluding carboxylic acids is 1. The average molecular weight is 448 g/mol. The van der Waals surface area contributed by atoms with E-state index in [-0.39, 0.29) is 6.09 Å². The van der Waals surface area contributed by atoms with Crippen LogP contribution < -0.4 is 0 Å². The number of piperazine rings is 2. The number of nitrogens with zero attached hydrogens (tertiary/aromatic N) is 5. The fraction of sp³-hybridized carbons (Fsp3) is 0.524. The van der Waals surface area contributed by atoms with Crippen LogP contribution in [0, 0.1) is 0 Å². The molecule has 2 aliphatic rings. The van der Waals surface area contributed by atoms with E-state index in [9.17, 15) is 13.2 Å². The molecular weight excluding hydrogens is 418 g/mol. The van der Waals surface area contributed by atoms with Crippen LogP contribution in [0.4, 0.5) is 4.79 Å². The Labute approximate surface area is 183 Å². The monoisotopic (exact) mass is 447 g/mol. The van der Waals surface area contributed by atoms with Gasteiger partial charge in [0, 0.05) is 70.5 Å². The molecule has 4 rings (SSSR count). The lowest BCUT2D eigenvalue weighted by Gasteiger charge is -2.39. The van der Waals surface area contributed by atoms with Crippen LogP contribution in [0.25, 0.3) is 10.9 Å². The minimum Gasteiger partial charge on any atom is -0.450 e. The predicted molar refractivity (Wildman–Crippen MR) is 118 cm³/mol. The lowest BCUT2D eigenvalue weighted by atomic mass is 10.1. The Hall–Kier alpha value is -2.27. The van der Waals surface area contributed by atoms with E-state index in [2.05, 4.69) is 28.1 Å². The van der Waals surface area contributed by atoms with Crippen LogP contribution in [0.3, 0.4) is 0 Å². The molecule has 2 aromatic rings. The van der Waals surface area contributed by atoms with Crippen LogP contribution in [-0.2, 0) is 21.5 Å². The smallest absolute Gasteiger partial charge is 0.409 e. The van der Waals surface area contributed by atoms with Gasteiger partial charge in [-0.2, -0.15) is 17.0 Å². The molecular formula is C21H29N5O4S. The Kier molecular flexibility index (Phi) is 6.71. The van der Waals surface area contributed by atoms with Crippen molar-refractivity contribution in [3.05, 3.63) is 42.1 Å². The van der Waals surface area contributed by atoms with Gasteiger partial charge in [0.05, 0.1) is 12.1 Å². The third-order valence-corrected chi connectivity index (χ3v) is 7.89. The largest absolute Gasteiger partial charge is 0.450 e. The van der Waals surface area contributed by atoms with Crippen LogP contribution in [-0.4, -0.2) is 96.9 Å². The number of fused-ring (bicyclic) bond motifs is 1. The normalized spacial score (nSPS) is 19.6. The Morgan fingerprint density at radius 2 is 1.61 bits per heavy atom. The molecule has 31 heavy (non-hydrogen) atoms. The van der Waals surface area contributed by atoms with Gasteiger partial charge in [-0.05, 0) is 18.6 Å². The maximum Gasteiger partial charge on any atom is 0.409 e. The minimum absolute atomic E-state index is 0.295. The molecule has 0 N–H and O–H groups in total. The molecule has 0 unspecified atom stereocenters. The average Bonchev–Trinajstić information content (AvgIpc) is 2.80. The number of rotatable bonds is 5. The van der Waals surface area contributed by atoms with Crippen molar-refractivity contribution in [2.45, 2.75) is 13.5 Å². The van der Waals surface area contributed by atoms with Gasteiger partial charge in [-0.1, -0.05) is 24.3 Å². The number of hydrogen-bond donors (Lipinski definition) is 0. The Morgan fingerprint density at radius 3 is 2.29 bits per heavy atom. The number of benzene rings is 1. The van der Waals surface area contributed by atoms with E-state index < -0.39 is 10.2 Å². The topological polar surface area (TPSA) is 86.3 Å². The number of pyridine rings is 1. The van der Waals surface area contributed by atoms with E-state index in [4.69, 9.17) is 4.74 Å². The van der Waals surface area contributed by atoms with E-state index in [1.807, 2.05) is 12.1 Å². The third-order valence-electron chi connectivity index (χ3n) is 5.86. The summed E-state index contributed by atoms with van der Waals surface area (Å²) >= 11 is 0. The van der Waals surface area contributed by atoms with Crippen LogP contribution in [0.2, 0.25) is 0 Å². The standard InChI is InChI=1S/C21H29N5O4S/c1-2-30-21(27)24-11-15-26(16-12-24)31(28,29)25-13-9-23(10-14-25)17-19-6-3-5-18-7-4-8-22-20(18)19/h3-8H,2,9-17H2,1H3. The van der Waals surface area contributed by atoms with Crippen LogP contribution >= 0.6 is 0 Å². The van der Waals surface area contributed by atoms with Gasteiger partial charge in [0.15, 0.2) is 0 Å². The summed E-state index contributed by atoms with van der Waals surface area (Å²) in [6, 6.07) is 10.2. The number of amides is 1. The summed E-state index contributed by atoms with van der Waals surface area (Å²) in [5.41, 5.74) is 2.16. The van der Waals surface area contributed by atoms with Crippen molar-refractivity contribution < 1.29 is 17.9 Å². The highest BCUT2D eigenvalue weighted by Crippen LogP contribution is 2.20. The SMILES string of the molecule is CCOC(=O)N1CCN(S(=O)(=O)N2CCN(Cc3cccc4cccnc34)CC2)CC1. The lowest BCUT2D eigenvalue weighted by Crippen LogP contribution is -2.57. The molecule has 0 saturated carbocycles. The summed E-state index contributed by atoms with van der Waals surface area (Å²) in [6.07, 6.45) is 1.42. The summed E-state index contributed by atoms with van der Waals surface area (Å²) in [5.74, 6) is 0. The highest BCUT2D eigenvalue weighted by Gasteiger charge is 2.35. The van der Waals surface area contributed by atoms with Crippen LogP contribution in [0.15, 0.2) is 36.5 Å². The summed E-state index contributed by atoms with van der Waals surface area (Å²) in [6.45, 7) is 6.38. The Balaban J connectivity index is 1.32. The van der Waals surface area contributed by atoms with Gasteiger partial charge < -0.3 is 9.64 Å². The molecule has 1 amide bonds. The lowest BCUT2D eigenvalue weighted by molar-refractivity contribution is 0.0915. The molecule has 9 nitrogen and oxygen atoms in total. The van der Waals surface area contributed by atoms with Gasteiger partial charge >= 0.3 is 6.09 Å². The van der Waals surface area contributed by atoms with E-state index in [0.29, 0.717) is 59.0 Å². The quantitative estimate of drug-likeness (QED) is 0.688. The Morgan fingerprint density at radius 1 is 0.968 bits per heavy atom. The van der Waals surface area contributed by atoms with Crippen molar-refractivity contribution in [1.82, 2.24) is 23.4 Å². The number of aromatic nitrogens is 1. The fourth-order valence-corrected chi connectivity index (χ4v) is 5.71. The van der Waals surface area contributed by atoms with Crippen LogP contribution in [0.5, 0.6) is 0 Å². The van der Waals surface area contributed by atoms with Crippen molar-refractivity contribution in [3.63, 3.8) is 0 Å². The van der Waals surface area contributed by atoms with Gasteiger partial charge in [-0.3, -0.25) is 9.88 Å². The number of ether oxygens (including phenoxy) is 1. The Bertz CT molecular complexity index is 1010. The molecule has 168 valence electrons. The zero-order valence-corrected chi connectivity index (χ0v) is 18.6. The first-order chi connectivity index (χ1) is 15.0. The second-order valence-corrected chi connectivity index (χ2v) is 9.69.